The molecule has 302 valence electrons. The molecule has 52 heavy (non-hydrogen) atoms. The van der Waals surface area contributed by atoms with Crippen molar-refractivity contribution < 1.29 is 24.5 Å². The highest BCUT2D eigenvalue weighted by molar-refractivity contribution is 5.76. The first-order valence-electron chi connectivity index (χ1n) is 21.9. The van der Waals surface area contributed by atoms with E-state index in [1.165, 1.54) is 103 Å². The van der Waals surface area contributed by atoms with Gasteiger partial charge in [-0.05, 0) is 83.5 Å². The minimum absolute atomic E-state index is 0.0358. The molecule has 0 fully saturated rings. The minimum Gasteiger partial charge on any atom is -0.466 e. The molecule has 0 aliphatic carbocycles. The van der Waals surface area contributed by atoms with Crippen molar-refractivity contribution in [2.24, 2.45) is 0 Å². The summed E-state index contributed by atoms with van der Waals surface area (Å²) in [6.07, 6.45) is 49.6. The first-order valence-corrected chi connectivity index (χ1v) is 21.9. The number of nitrogens with one attached hydrogen (secondary N) is 1. The summed E-state index contributed by atoms with van der Waals surface area (Å²) in [5.41, 5.74) is 0. The Hall–Kier alpha value is -2.18. The van der Waals surface area contributed by atoms with Crippen LogP contribution in [0.1, 0.15) is 206 Å². The van der Waals surface area contributed by atoms with Crippen LogP contribution in [0.3, 0.4) is 0 Å². The molecule has 1 amide bonds. The highest BCUT2D eigenvalue weighted by Crippen LogP contribution is 2.12. The molecule has 0 radical (unpaired) electrons. The monoisotopic (exact) mass is 730 g/mol. The number of allylic oxidation sites excluding steroid dienone is 7. The number of amides is 1. The van der Waals surface area contributed by atoms with Crippen molar-refractivity contribution in [3.63, 3.8) is 0 Å². The number of hydrogen-bond acceptors (Lipinski definition) is 5. The van der Waals surface area contributed by atoms with Gasteiger partial charge < -0.3 is 20.3 Å². The highest BCUT2D eigenvalue weighted by atomic mass is 16.5. The maximum atomic E-state index is 12.3. The van der Waals surface area contributed by atoms with E-state index in [9.17, 15) is 19.8 Å². The van der Waals surface area contributed by atoms with Gasteiger partial charge in [-0.15, -0.1) is 0 Å². The topological polar surface area (TPSA) is 95.9 Å². The normalized spacial score (nSPS) is 13.2. The van der Waals surface area contributed by atoms with Gasteiger partial charge in [0, 0.05) is 12.8 Å². The third kappa shape index (κ3) is 37.6. The minimum atomic E-state index is -0.857. The molecule has 0 aromatic rings. The lowest BCUT2D eigenvalue weighted by molar-refractivity contribution is -0.143. The van der Waals surface area contributed by atoms with E-state index in [1.54, 1.807) is 6.08 Å². The maximum absolute atomic E-state index is 12.3. The molecule has 0 aromatic carbocycles. The SMILES string of the molecule is CCCC/C=C\CCCCCCCC(=O)OCCCCC/C=C\C=C/CCCCCCCCC(=O)NC(CO)C(O)/C=C/CCCCCCCCC. The van der Waals surface area contributed by atoms with Crippen molar-refractivity contribution in [2.45, 2.75) is 219 Å². The quantitative estimate of drug-likeness (QED) is 0.0253. The molecule has 2 atom stereocenters. The van der Waals surface area contributed by atoms with E-state index >= 15 is 0 Å². The maximum Gasteiger partial charge on any atom is 0.305 e. The van der Waals surface area contributed by atoms with E-state index in [0.29, 0.717) is 19.4 Å². The summed E-state index contributed by atoms with van der Waals surface area (Å²) >= 11 is 0. The number of ether oxygens (including phenoxy) is 1. The Morgan fingerprint density at radius 2 is 0.981 bits per heavy atom. The van der Waals surface area contributed by atoms with Crippen LogP contribution in [0.2, 0.25) is 0 Å². The van der Waals surface area contributed by atoms with Gasteiger partial charge in [0.1, 0.15) is 0 Å². The third-order valence-corrected chi connectivity index (χ3v) is 9.59. The Morgan fingerprint density at radius 3 is 1.54 bits per heavy atom. The predicted molar refractivity (Wildman–Crippen MR) is 222 cm³/mol. The second-order valence-electron chi connectivity index (χ2n) is 14.7. The molecular formula is C46H83NO5. The molecule has 0 saturated carbocycles. The van der Waals surface area contributed by atoms with Gasteiger partial charge in [-0.1, -0.05) is 159 Å². The van der Waals surface area contributed by atoms with E-state index in [2.05, 4.69) is 55.6 Å². The average Bonchev–Trinajstić information content (AvgIpc) is 3.14. The lowest BCUT2D eigenvalue weighted by Gasteiger charge is -2.20. The van der Waals surface area contributed by atoms with Crippen molar-refractivity contribution in [1.82, 2.24) is 5.32 Å². The van der Waals surface area contributed by atoms with Crippen LogP contribution in [0.5, 0.6) is 0 Å². The van der Waals surface area contributed by atoms with Crippen molar-refractivity contribution in [1.29, 1.82) is 0 Å². The van der Waals surface area contributed by atoms with Crippen molar-refractivity contribution in [3.8, 4) is 0 Å². The van der Waals surface area contributed by atoms with Gasteiger partial charge in [-0.2, -0.15) is 0 Å². The lowest BCUT2D eigenvalue weighted by atomic mass is 10.1. The number of aliphatic hydroxyl groups is 2. The Morgan fingerprint density at radius 1 is 0.538 bits per heavy atom. The smallest absolute Gasteiger partial charge is 0.305 e. The second-order valence-corrected chi connectivity index (χ2v) is 14.7. The fraction of sp³-hybridized carbons (Fsp3) is 0.783. The summed E-state index contributed by atoms with van der Waals surface area (Å²) in [6.45, 7) is 4.75. The number of aliphatic hydroxyl groups excluding tert-OH is 2. The van der Waals surface area contributed by atoms with E-state index in [4.69, 9.17) is 4.74 Å². The average molecular weight is 730 g/mol. The van der Waals surface area contributed by atoms with Crippen molar-refractivity contribution in [2.75, 3.05) is 13.2 Å². The van der Waals surface area contributed by atoms with Crippen LogP contribution in [-0.4, -0.2) is 47.4 Å². The fourth-order valence-corrected chi connectivity index (χ4v) is 6.13. The number of hydrogen-bond donors (Lipinski definition) is 3. The summed E-state index contributed by atoms with van der Waals surface area (Å²) in [7, 11) is 0. The third-order valence-electron chi connectivity index (χ3n) is 9.59. The number of esters is 1. The van der Waals surface area contributed by atoms with Gasteiger partial charge in [-0.25, -0.2) is 0 Å². The molecule has 0 heterocycles. The first kappa shape index (κ1) is 49.8. The van der Waals surface area contributed by atoms with Crippen LogP contribution in [-0.2, 0) is 14.3 Å². The summed E-state index contributed by atoms with van der Waals surface area (Å²) in [6, 6.07) is -0.642. The van der Waals surface area contributed by atoms with Crippen molar-refractivity contribution in [3.05, 3.63) is 48.6 Å². The van der Waals surface area contributed by atoms with E-state index in [1.807, 2.05) is 6.08 Å². The van der Waals surface area contributed by atoms with Crippen LogP contribution >= 0.6 is 0 Å². The van der Waals surface area contributed by atoms with Gasteiger partial charge in [0.15, 0.2) is 0 Å². The zero-order valence-electron chi connectivity index (χ0n) is 34.0. The molecule has 0 aromatic heterocycles. The van der Waals surface area contributed by atoms with E-state index in [0.717, 1.165) is 77.0 Å². The summed E-state index contributed by atoms with van der Waals surface area (Å²) in [4.78, 5) is 24.2. The van der Waals surface area contributed by atoms with Gasteiger partial charge in [-0.3, -0.25) is 9.59 Å². The fourth-order valence-electron chi connectivity index (χ4n) is 6.13. The van der Waals surface area contributed by atoms with Gasteiger partial charge in [0.25, 0.3) is 0 Å². The van der Waals surface area contributed by atoms with Crippen molar-refractivity contribution >= 4 is 11.9 Å². The van der Waals surface area contributed by atoms with Crippen LogP contribution in [0.25, 0.3) is 0 Å². The standard InChI is InChI=1S/C46H83NO5/c1-3-5-7-9-11-13-19-24-28-32-36-40-46(51)52-41-37-33-29-25-21-18-16-14-15-17-20-23-27-31-35-39-45(50)47-43(42-48)44(49)38-34-30-26-22-12-10-8-6-4-2/h9,11,14,16,18,21,34,38,43-44,48-49H,3-8,10,12-13,15,17,19-20,22-33,35-37,39-42H2,1-2H3,(H,47,50)/b11-9-,16-14-,21-18-,38-34+. The molecule has 0 aliphatic heterocycles. The summed E-state index contributed by atoms with van der Waals surface area (Å²) in [5.74, 6) is -0.132. The van der Waals surface area contributed by atoms with Gasteiger partial charge in [0.05, 0.1) is 25.4 Å². The molecule has 3 N–H and O–H groups in total. The summed E-state index contributed by atoms with van der Waals surface area (Å²) < 4.78 is 5.40. The molecule has 6 nitrogen and oxygen atoms in total. The van der Waals surface area contributed by atoms with Crippen LogP contribution in [0.4, 0.5) is 0 Å². The van der Waals surface area contributed by atoms with Gasteiger partial charge in [0.2, 0.25) is 5.91 Å². The highest BCUT2D eigenvalue weighted by Gasteiger charge is 2.17. The zero-order chi connectivity index (χ0) is 38.0. The molecule has 0 bridgehead atoms. The molecule has 6 heteroatoms. The largest absolute Gasteiger partial charge is 0.466 e. The van der Waals surface area contributed by atoms with Crippen LogP contribution < -0.4 is 5.32 Å². The number of carbonyl (C=O) groups excluding carboxylic acids is 2. The molecule has 0 aliphatic rings. The Kier molecular flexibility index (Phi) is 39.8. The van der Waals surface area contributed by atoms with E-state index in [-0.39, 0.29) is 18.5 Å². The Balaban J connectivity index is 3.58. The van der Waals surface area contributed by atoms with Crippen LogP contribution in [0, 0.1) is 0 Å². The number of carbonyl (C=O) groups is 2. The Bertz CT molecular complexity index is 895. The molecule has 0 rings (SSSR count). The van der Waals surface area contributed by atoms with Crippen LogP contribution in [0.15, 0.2) is 48.6 Å². The second kappa shape index (κ2) is 41.6. The number of unbranched alkanes of at least 4 members (excludes halogenated alkanes) is 23. The van der Waals surface area contributed by atoms with Gasteiger partial charge >= 0.3 is 5.97 Å². The molecule has 0 saturated heterocycles. The Labute approximate surface area is 321 Å². The number of rotatable bonds is 39. The first-order chi connectivity index (χ1) is 25.5. The summed E-state index contributed by atoms with van der Waals surface area (Å²) in [5, 5.41) is 22.8. The predicted octanol–water partition coefficient (Wildman–Crippen LogP) is 12.3. The zero-order valence-corrected chi connectivity index (χ0v) is 34.0. The molecule has 0 spiro atoms. The lowest BCUT2D eigenvalue weighted by Crippen LogP contribution is -2.45. The van der Waals surface area contributed by atoms with E-state index < -0.39 is 12.1 Å². The molecule has 2 unspecified atom stereocenters. The molecular weight excluding hydrogens is 647 g/mol.